The lowest BCUT2D eigenvalue weighted by molar-refractivity contribution is 0.144. The maximum atomic E-state index is 12.5. The number of nitrogens with two attached hydrogens (primary N) is 1. The van der Waals surface area contributed by atoms with Crippen LogP contribution in [0.5, 0.6) is 0 Å². The number of thiazole rings is 1. The van der Waals surface area contributed by atoms with Gasteiger partial charge in [0.1, 0.15) is 18.2 Å². The molecule has 2 aromatic heterocycles. The first-order valence-electron chi connectivity index (χ1n) is 10.8. The van der Waals surface area contributed by atoms with E-state index >= 15 is 0 Å². The first kappa shape index (κ1) is 23.1. The second-order valence-corrected chi connectivity index (χ2v) is 8.52. The Balaban J connectivity index is 1.48. The standard InChI is InChI=1S/C24H24N6O3S/c1-2-22-28-20(15-34-22)29-24(32)27-19(14-33-23(25)31)17-10-8-16(9-11-17)18-6-5-7-21(26-18)30-12-3-4-13-30/h1,5-11,15,19H,3-4,12-14H2,(H2,25,31)(H2,27,29,32)/t19-/m0/s1. The molecule has 0 radical (unpaired) electrons. The van der Waals surface area contributed by atoms with Gasteiger partial charge in [-0.1, -0.05) is 30.3 Å². The highest BCUT2D eigenvalue weighted by Gasteiger charge is 2.18. The third kappa shape index (κ3) is 5.82. The Morgan fingerprint density at radius 2 is 1.94 bits per heavy atom. The molecule has 1 fully saturated rings. The molecule has 0 saturated carbocycles. The van der Waals surface area contributed by atoms with Crippen LogP contribution in [0.4, 0.5) is 21.2 Å². The highest BCUT2D eigenvalue weighted by atomic mass is 32.1. The lowest BCUT2D eigenvalue weighted by Crippen LogP contribution is -2.36. The summed E-state index contributed by atoms with van der Waals surface area (Å²) >= 11 is 1.24. The van der Waals surface area contributed by atoms with Crippen LogP contribution in [0.3, 0.4) is 0 Å². The number of pyridine rings is 1. The van der Waals surface area contributed by atoms with Crippen molar-refractivity contribution < 1.29 is 14.3 Å². The molecule has 1 saturated heterocycles. The number of nitrogens with one attached hydrogen (secondary N) is 2. The van der Waals surface area contributed by atoms with E-state index in [9.17, 15) is 9.59 Å². The zero-order chi connectivity index (χ0) is 23.9. The molecular weight excluding hydrogens is 452 g/mol. The normalized spacial score (nSPS) is 13.7. The van der Waals surface area contributed by atoms with E-state index in [0.29, 0.717) is 10.8 Å². The number of ether oxygens (including phenoxy) is 1. The van der Waals surface area contributed by atoms with Crippen LogP contribution in [0, 0.1) is 12.3 Å². The molecule has 0 unspecified atom stereocenters. The van der Waals surface area contributed by atoms with Crippen molar-refractivity contribution in [1.29, 1.82) is 0 Å². The van der Waals surface area contributed by atoms with Gasteiger partial charge in [-0.05, 0) is 36.5 Å². The maximum absolute atomic E-state index is 12.5. The average molecular weight is 477 g/mol. The van der Waals surface area contributed by atoms with Gasteiger partial charge in [-0.3, -0.25) is 5.32 Å². The lowest BCUT2D eigenvalue weighted by Gasteiger charge is -2.19. The first-order chi connectivity index (χ1) is 16.5. The summed E-state index contributed by atoms with van der Waals surface area (Å²) in [5, 5.41) is 7.50. The molecular formula is C24H24N6O3S. The Morgan fingerprint density at radius 1 is 1.18 bits per heavy atom. The summed E-state index contributed by atoms with van der Waals surface area (Å²) in [6.45, 7) is 1.92. The molecule has 3 aromatic rings. The fourth-order valence-corrected chi connectivity index (χ4v) is 4.24. The number of terminal acetylenes is 1. The minimum absolute atomic E-state index is 0.128. The summed E-state index contributed by atoms with van der Waals surface area (Å²) in [5.74, 6) is 3.72. The molecule has 34 heavy (non-hydrogen) atoms. The van der Waals surface area contributed by atoms with Crippen LogP contribution >= 0.6 is 11.3 Å². The van der Waals surface area contributed by atoms with Crippen LogP contribution in [0.2, 0.25) is 0 Å². The van der Waals surface area contributed by atoms with Crippen molar-refractivity contribution in [1.82, 2.24) is 15.3 Å². The zero-order valence-corrected chi connectivity index (χ0v) is 19.2. The quantitative estimate of drug-likeness (QED) is 0.447. The molecule has 3 heterocycles. The third-order valence-corrected chi connectivity index (χ3v) is 6.11. The monoisotopic (exact) mass is 476 g/mol. The van der Waals surface area contributed by atoms with E-state index in [4.69, 9.17) is 21.9 Å². The van der Waals surface area contributed by atoms with Crippen LogP contribution in [-0.2, 0) is 4.74 Å². The largest absolute Gasteiger partial charge is 0.447 e. The molecule has 1 aliphatic rings. The van der Waals surface area contributed by atoms with Gasteiger partial charge in [0, 0.05) is 24.0 Å². The summed E-state index contributed by atoms with van der Waals surface area (Å²) in [6, 6.07) is 12.4. The van der Waals surface area contributed by atoms with Crippen LogP contribution in [-0.4, -0.2) is 41.8 Å². The van der Waals surface area contributed by atoms with Gasteiger partial charge in [-0.25, -0.2) is 19.6 Å². The van der Waals surface area contributed by atoms with Gasteiger partial charge in [0.2, 0.25) is 0 Å². The summed E-state index contributed by atoms with van der Waals surface area (Å²) in [7, 11) is 0. The number of nitrogens with zero attached hydrogens (tertiary/aromatic N) is 3. The fraction of sp³-hybridized carbons (Fsp3) is 0.250. The van der Waals surface area contributed by atoms with E-state index in [-0.39, 0.29) is 6.61 Å². The molecule has 1 aromatic carbocycles. The van der Waals surface area contributed by atoms with E-state index in [0.717, 1.165) is 35.7 Å². The van der Waals surface area contributed by atoms with Crippen molar-refractivity contribution in [2.24, 2.45) is 5.73 Å². The molecule has 0 spiro atoms. The molecule has 1 atom stereocenters. The van der Waals surface area contributed by atoms with Gasteiger partial charge in [0.25, 0.3) is 0 Å². The Labute approximate surface area is 201 Å². The Hall–Kier alpha value is -4.10. The summed E-state index contributed by atoms with van der Waals surface area (Å²) < 4.78 is 4.96. The Bertz CT molecular complexity index is 1200. The van der Waals surface area contributed by atoms with Gasteiger partial charge in [-0.15, -0.1) is 17.8 Å². The highest BCUT2D eigenvalue weighted by Crippen LogP contribution is 2.25. The number of benzene rings is 1. The average Bonchev–Trinajstić information content (AvgIpc) is 3.54. The van der Waals surface area contributed by atoms with E-state index in [2.05, 4.69) is 26.4 Å². The number of hydrogen-bond donors (Lipinski definition) is 3. The minimum atomic E-state index is -0.926. The molecule has 0 aliphatic carbocycles. The number of carbonyl (C=O) groups excluding carboxylic acids is 2. The molecule has 4 rings (SSSR count). The predicted molar refractivity (Wildman–Crippen MR) is 132 cm³/mol. The third-order valence-electron chi connectivity index (χ3n) is 5.34. The van der Waals surface area contributed by atoms with Crippen molar-refractivity contribution in [2.45, 2.75) is 18.9 Å². The number of primary amides is 1. The first-order valence-corrected chi connectivity index (χ1v) is 11.6. The number of carbonyl (C=O) groups is 2. The van der Waals surface area contributed by atoms with E-state index in [1.807, 2.05) is 42.5 Å². The number of amides is 3. The van der Waals surface area contributed by atoms with Crippen LogP contribution in [0.1, 0.15) is 29.5 Å². The fourth-order valence-electron chi connectivity index (χ4n) is 3.69. The number of urea groups is 1. The molecule has 0 bridgehead atoms. The number of aromatic nitrogens is 2. The summed E-state index contributed by atoms with van der Waals surface area (Å²) in [4.78, 5) is 34.8. The Kier molecular flexibility index (Phi) is 7.25. The zero-order valence-electron chi connectivity index (χ0n) is 18.4. The molecule has 1 aliphatic heterocycles. The smallest absolute Gasteiger partial charge is 0.404 e. The van der Waals surface area contributed by atoms with Crippen molar-refractivity contribution in [2.75, 3.05) is 29.9 Å². The summed E-state index contributed by atoms with van der Waals surface area (Å²) in [5.41, 5.74) is 7.66. The Morgan fingerprint density at radius 3 is 2.62 bits per heavy atom. The summed E-state index contributed by atoms with van der Waals surface area (Å²) in [6.07, 6.45) is 6.76. The molecule has 174 valence electrons. The highest BCUT2D eigenvalue weighted by molar-refractivity contribution is 7.10. The molecule has 9 nitrogen and oxygen atoms in total. The van der Waals surface area contributed by atoms with Crippen LogP contribution < -0.4 is 21.3 Å². The lowest BCUT2D eigenvalue weighted by atomic mass is 10.0. The van der Waals surface area contributed by atoms with E-state index in [1.54, 1.807) is 5.38 Å². The van der Waals surface area contributed by atoms with Crippen molar-refractivity contribution in [3.05, 3.63) is 58.4 Å². The number of anilines is 2. The van der Waals surface area contributed by atoms with Crippen molar-refractivity contribution in [3.8, 4) is 23.6 Å². The number of rotatable bonds is 7. The molecule has 10 heteroatoms. The van der Waals surface area contributed by atoms with Gasteiger partial charge in [0.15, 0.2) is 5.01 Å². The van der Waals surface area contributed by atoms with Gasteiger partial charge >= 0.3 is 12.1 Å². The SMILES string of the molecule is C#Cc1nc(NC(=O)N[C@@H](COC(N)=O)c2ccc(-c3cccc(N4CCCC4)n3)cc2)cs1. The second-order valence-electron chi connectivity index (χ2n) is 7.66. The van der Waals surface area contributed by atoms with Gasteiger partial charge < -0.3 is 20.7 Å². The second kappa shape index (κ2) is 10.7. The van der Waals surface area contributed by atoms with Gasteiger partial charge in [0.05, 0.1) is 11.7 Å². The van der Waals surface area contributed by atoms with Gasteiger partial charge in [-0.2, -0.15) is 0 Å². The number of hydrogen-bond acceptors (Lipinski definition) is 7. The van der Waals surface area contributed by atoms with Crippen molar-refractivity contribution in [3.63, 3.8) is 0 Å². The van der Waals surface area contributed by atoms with Crippen molar-refractivity contribution >= 4 is 35.1 Å². The predicted octanol–water partition coefficient (Wildman–Crippen LogP) is 3.74. The minimum Gasteiger partial charge on any atom is -0.447 e. The maximum Gasteiger partial charge on any atom is 0.404 e. The van der Waals surface area contributed by atoms with Crippen LogP contribution in [0.15, 0.2) is 47.8 Å². The van der Waals surface area contributed by atoms with E-state index < -0.39 is 18.2 Å². The molecule has 4 N–H and O–H groups in total. The van der Waals surface area contributed by atoms with E-state index in [1.165, 1.54) is 24.2 Å². The topological polar surface area (TPSA) is 122 Å². The van der Waals surface area contributed by atoms with Crippen LogP contribution in [0.25, 0.3) is 11.3 Å². The molecule has 3 amide bonds.